The number of rotatable bonds is 5. The van der Waals surface area contributed by atoms with Gasteiger partial charge in [-0.2, -0.15) is 13.2 Å². The molecule has 0 unspecified atom stereocenters. The lowest BCUT2D eigenvalue weighted by molar-refractivity contribution is -0.137. The Kier molecular flexibility index (Phi) is 5.98. The van der Waals surface area contributed by atoms with Crippen LogP contribution in [0.2, 0.25) is 0 Å². The van der Waals surface area contributed by atoms with Crippen LogP contribution >= 0.6 is 0 Å². The number of para-hydroxylation sites is 1. The molecule has 0 saturated carbocycles. The highest BCUT2D eigenvalue weighted by molar-refractivity contribution is 6.10. The molecule has 178 valence electrons. The van der Waals surface area contributed by atoms with Crippen molar-refractivity contribution in [2.24, 2.45) is 0 Å². The molecule has 0 fully saturated rings. The topological polar surface area (TPSA) is 59.1 Å². The molecule has 4 aromatic carbocycles. The minimum absolute atomic E-state index is 0.0379. The second-order valence-corrected chi connectivity index (χ2v) is 8.34. The average molecular weight is 484 g/mol. The van der Waals surface area contributed by atoms with Crippen LogP contribution in [-0.4, -0.2) is 16.7 Å². The first-order valence-corrected chi connectivity index (χ1v) is 11.2. The van der Waals surface area contributed by atoms with E-state index < -0.39 is 17.6 Å². The van der Waals surface area contributed by atoms with E-state index >= 15 is 0 Å². The second kappa shape index (κ2) is 9.26. The molecule has 4 nitrogen and oxygen atoms in total. The third kappa shape index (κ3) is 4.68. The van der Waals surface area contributed by atoms with Gasteiger partial charge in [0, 0.05) is 28.4 Å². The van der Waals surface area contributed by atoms with Gasteiger partial charge in [-0.3, -0.25) is 9.59 Å². The summed E-state index contributed by atoms with van der Waals surface area (Å²) in [5, 5.41) is 5.33. The zero-order chi connectivity index (χ0) is 25.3. The van der Waals surface area contributed by atoms with Crippen molar-refractivity contribution in [2.45, 2.75) is 12.6 Å². The smallest absolute Gasteiger partial charge is 0.320 e. The Balaban J connectivity index is 1.44. The van der Waals surface area contributed by atoms with Crippen molar-refractivity contribution < 1.29 is 22.8 Å². The van der Waals surface area contributed by atoms with Crippen molar-refractivity contribution in [3.05, 3.63) is 119 Å². The van der Waals surface area contributed by atoms with Gasteiger partial charge >= 0.3 is 6.18 Å². The van der Waals surface area contributed by atoms with Crippen LogP contribution in [0.1, 0.15) is 32.0 Å². The molecule has 0 spiro atoms. The minimum Gasteiger partial charge on any atom is -0.320 e. The number of ketones is 1. The first-order valence-electron chi connectivity index (χ1n) is 11.2. The van der Waals surface area contributed by atoms with Crippen molar-refractivity contribution in [3.8, 4) is 0 Å². The van der Waals surface area contributed by atoms with E-state index in [2.05, 4.69) is 10.3 Å². The lowest BCUT2D eigenvalue weighted by Crippen LogP contribution is -2.14. The molecular formula is C29H19F3N2O2. The van der Waals surface area contributed by atoms with E-state index in [-0.39, 0.29) is 23.5 Å². The average Bonchev–Trinajstić information content (AvgIpc) is 2.88. The molecule has 1 N–H and O–H groups in total. The van der Waals surface area contributed by atoms with Crippen LogP contribution in [0.15, 0.2) is 97.1 Å². The van der Waals surface area contributed by atoms with E-state index in [1.54, 1.807) is 30.3 Å². The van der Waals surface area contributed by atoms with Crippen LogP contribution in [-0.2, 0) is 12.6 Å². The maximum Gasteiger partial charge on any atom is 0.416 e. The summed E-state index contributed by atoms with van der Waals surface area (Å²) >= 11 is 0. The lowest BCUT2D eigenvalue weighted by atomic mass is 9.96. The Labute approximate surface area is 204 Å². The van der Waals surface area contributed by atoms with E-state index in [4.69, 9.17) is 0 Å². The predicted molar refractivity (Wildman–Crippen MR) is 133 cm³/mol. The predicted octanol–water partition coefficient (Wildman–Crippen LogP) is 7.08. The summed E-state index contributed by atoms with van der Waals surface area (Å²) in [4.78, 5) is 30.4. The largest absolute Gasteiger partial charge is 0.416 e. The normalized spacial score (nSPS) is 11.5. The molecule has 5 aromatic rings. The third-order valence-corrected chi connectivity index (χ3v) is 5.96. The van der Waals surface area contributed by atoms with Crippen LogP contribution in [0.3, 0.4) is 0 Å². The number of hydrogen-bond acceptors (Lipinski definition) is 3. The van der Waals surface area contributed by atoms with Crippen molar-refractivity contribution in [1.82, 2.24) is 4.98 Å². The number of fused-ring (bicyclic) bond motifs is 2. The molecule has 0 aliphatic carbocycles. The van der Waals surface area contributed by atoms with Gasteiger partial charge in [0.15, 0.2) is 5.78 Å². The minimum atomic E-state index is -4.47. The summed E-state index contributed by atoms with van der Waals surface area (Å²) in [5.41, 5.74) is 1.50. The van der Waals surface area contributed by atoms with Crippen LogP contribution in [0.5, 0.6) is 0 Å². The lowest BCUT2D eigenvalue weighted by Gasteiger charge is -2.13. The highest BCUT2D eigenvalue weighted by atomic mass is 19.4. The van der Waals surface area contributed by atoms with Crippen LogP contribution < -0.4 is 5.32 Å². The van der Waals surface area contributed by atoms with Crippen molar-refractivity contribution in [1.29, 1.82) is 0 Å². The first kappa shape index (κ1) is 23.2. The maximum atomic E-state index is 13.0. The Morgan fingerprint density at radius 3 is 2.19 bits per heavy atom. The number of amides is 1. The van der Waals surface area contributed by atoms with Gasteiger partial charge in [-0.25, -0.2) is 4.98 Å². The Hall–Kier alpha value is -4.52. The van der Waals surface area contributed by atoms with Gasteiger partial charge in [0.05, 0.1) is 11.1 Å². The van der Waals surface area contributed by atoms with Crippen LogP contribution in [0, 0.1) is 0 Å². The molecule has 0 saturated heterocycles. The number of alkyl halides is 3. The number of nitrogens with zero attached hydrogens (tertiary/aromatic N) is 1. The molecule has 0 radical (unpaired) electrons. The van der Waals surface area contributed by atoms with Crippen LogP contribution in [0.4, 0.5) is 18.9 Å². The van der Waals surface area contributed by atoms with Gasteiger partial charge < -0.3 is 5.32 Å². The highest BCUT2D eigenvalue weighted by Crippen LogP contribution is 2.31. The van der Waals surface area contributed by atoms with E-state index in [0.717, 1.165) is 22.9 Å². The summed E-state index contributed by atoms with van der Waals surface area (Å²) in [6.45, 7) is 0. The Morgan fingerprint density at radius 2 is 1.44 bits per heavy atom. The fraction of sp³-hybridized carbons (Fsp3) is 0.0690. The van der Waals surface area contributed by atoms with Crippen molar-refractivity contribution >= 4 is 39.1 Å². The van der Waals surface area contributed by atoms with Gasteiger partial charge in [0.25, 0.3) is 5.91 Å². The molecule has 36 heavy (non-hydrogen) atoms. The summed E-state index contributed by atoms with van der Waals surface area (Å²) in [6, 6.07) is 26.0. The van der Waals surface area contributed by atoms with E-state index in [1.807, 2.05) is 42.5 Å². The summed E-state index contributed by atoms with van der Waals surface area (Å²) < 4.78 is 38.6. The van der Waals surface area contributed by atoms with Gasteiger partial charge in [-0.15, -0.1) is 0 Å². The van der Waals surface area contributed by atoms with Gasteiger partial charge in [0.2, 0.25) is 0 Å². The number of halogens is 3. The third-order valence-electron chi connectivity index (χ3n) is 5.96. The summed E-state index contributed by atoms with van der Waals surface area (Å²) in [5.74, 6) is -0.717. The number of hydrogen-bond donors (Lipinski definition) is 1. The fourth-order valence-corrected chi connectivity index (χ4v) is 4.17. The molecule has 5 rings (SSSR count). The summed E-state index contributed by atoms with van der Waals surface area (Å²) in [6.07, 6.45) is -4.51. The molecule has 7 heteroatoms. The van der Waals surface area contributed by atoms with E-state index in [9.17, 15) is 22.8 Å². The molecule has 0 aliphatic heterocycles. The second-order valence-electron chi connectivity index (χ2n) is 8.34. The number of nitrogens with one attached hydrogen (secondary N) is 1. The molecule has 0 atom stereocenters. The maximum absolute atomic E-state index is 13.0. The zero-order valence-electron chi connectivity index (χ0n) is 18.8. The number of Topliss-reactive ketones (excluding diaryl/α,β-unsaturated/α-hetero) is 1. The number of anilines is 1. The number of aromatic nitrogens is 1. The number of carbonyl (C=O) groups excluding carboxylic acids is 2. The first-order chi connectivity index (χ1) is 17.3. The van der Waals surface area contributed by atoms with Crippen molar-refractivity contribution in [3.63, 3.8) is 0 Å². The molecular weight excluding hydrogens is 465 g/mol. The van der Waals surface area contributed by atoms with Gasteiger partial charge in [-0.05, 0) is 41.3 Å². The number of carbonyl (C=O) groups is 2. The van der Waals surface area contributed by atoms with Crippen LogP contribution in [0.25, 0.3) is 21.7 Å². The SMILES string of the molecule is O=C(Cc1cccc2cccc(NC(=O)c3ccc4ccccc4n3)c12)c1ccc(C(F)(F)F)cc1. The number of benzene rings is 4. The molecule has 0 bridgehead atoms. The Bertz CT molecular complexity index is 1600. The molecule has 1 heterocycles. The number of pyridine rings is 1. The quantitative estimate of drug-likeness (QED) is 0.271. The standard InChI is InChI=1S/C29H19F3N2O2/c30-29(31,32)22-14-11-19(12-15-22)26(35)17-21-8-3-6-20-7-4-10-24(27(20)21)34-28(36)25-16-13-18-5-1-2-9-23(18)33-25/h1-16H,17H2,(H,34,36). The van der Waals surface area contributed by atoms with Gasteiger partial charge in [0.1, 0.15) is 5.69 Å². The van der Waals surface area contributed by atoms with Crippen molar-refractivity contribution in [2.75, 3.05) is 5.32 Å². The van der Waals surface area contributed by atoms with E-state index in [0.29, 0.717) is 22.2 Å². The molecule has 1 aromatic heterocycles. The molecule has 1 amide bonds. The Morgan fingerprint density at radius 1 is 0.750 bits per heavy atom. The zero-order valence-corrected chi connectivity index (χ0v) is 18.8. The highest BCUT2D eigenvalue weighted by Gasteiger charge is 2.30. The monoisotopic (exact) mass is 484 g/mol. The van der Waals surface area contributed by atoms with Gasteiger partial charge in [-0.1, -0.05) is 66.7 Å². The summed E-state index contributed by atoms with van der Waals surface area (Å²) in [7, 11) is 0. The molecule has 0 aliphatic rings. The fourth-order valence-electron chi connectivity index (χ4n) is 4.17. The van der Waals surface area contributed by atoms with E-state index in [1.165, 1.54) is 12.1 Å².